The van der Waals surface area contributed by atoms with E-state index < -0.39 is 0 Å². The predicted molar refractivity (Wildman–Crippen MR) is 91.9 cm³/mol. The Kier molecular flexibility index (Phi) is 5.48. The molecule has 0 N–H and O–H groups in total. The van der Waals surface area contributed by atoms with Gasteiger partial charge in [0.15, 0.2) is 0 Å². The van der Waals surface area contributed by atoms with Crippen molar-refractivity contribution in [1.82, 2.24) is 19.4 Å². The molecule has 128 valence electrons. The second-order valence-electron chi connectivity index (χ2n) is 6.05. The first-order valence-electron chi connectivity index (χ1n) is 8.33. The summed E-state index contributed by atoms with van der Waals surface area (Å²) in [6.07, 6.45) is 6.08. The lowest BCUT2D eigenvalue weighted by Crippen LogP contribution is -2.49. The highest BCUT2D eigenvalue weighted by Gasteiger charge is 2.20. The van der Waals surface area contributed by atoms with Crippen LogP contribution in [-0.2, 0) is 17.8 Å². The fourth-order valence-corrected chi connectivity index (χ4v) is 2.93. The minimum absolute atomic E-state index is 0.203. The molecule has 0 saturated carbocycles. The summed E-state index contributed by atoms with van der Waals surface area (Å²) in [5.74, 6) is 1.02. The third-order valence-electron chi connectivity index (χ3n) is 4.47. The highest BCUT2D eigenvalue weighted by molar-refractivity contribution is 5.78. The molecule has 1 saturated heterocycles. The zero-order chi connectivity index (χ0) is 16.8. The molecule has 1 fully saturated rings. The molecular formula is C18H24N4O2. The van der Waals surface area contributed by atoms with Crippen LogP contribution in [0.1, 0.15) is 5.56 Å². The molecule has 0 bridgehead atoms. The molecule has 1 amide bonds. The van der Waals surface area contributed by atoms with Gasteiger partial charge >= 0.3 is 0 Å². The van der Waals surface area contributed by atoms with Crippen molar-refractivity contribution >= 4 is 5.91 Å². The van der Waals surface area contributed by atoms with Crippen LogP contribution in [0.25, 0.3) is 0 Å². The molecule has 1 aromatic heterocycles. The van der Waals surface area contributed by atoms with Crippen molar-refractivity contribution in [3.63, 3.8) is 0 Å². The lowest BCUT2D eigenvalue weighted by molar-refractivity contribution is -0.132. The monoisotopic (exact) mass is 328 g/mol. The highest BCUT2D eigenvalue weighted by atomic mass is 16.5. The molecule has 0 unspecified atom stereocenters. The summed E-state index contributed by atoms with van der Waals surface area (Å²) in [4.78, 5) is 20.9. The topological polar surface area (TPSA) is 50.6 Å². The van der Waals surface area contributed by atoms with Gasteiger partial charge in [0.05, 0.1) is 19.9 Å². The van der Waals surface area contributed by atoms with E-state index in [9.17, 15) is 4.79 Å². The number of imidazole rings is 1. The number of hydrogen-bond acceptors (Lipinski definition) is 4. The number of carbonyl (C=O) groups excluding carboxylic acids is 1. The second kappa shape index (κ2) is 7.97. The third kappa shape index (κ3) is 4.35. The van der Waals surface area contributed by atoms with Crippen LogP contribution in [0.15, 0.2) is 43.0 Å². The average Bonchev–Trinajstić information content (AvgIpc) is 3.14. The standard InChI is InChI=1S/C18H24N4O2/c1-24-17-4-2-16(3-5-17)14-18(23)22-12-10-20(11-13-22)8-9-21-7-6-19-15-21/h2-7,15H,8-14H2,1H3. The highest BCUT2D eigenvalue weighted by Crippen LogP contribution is 2.13. The van der Waals surface area contributed by atoms with Crippen LogP contribution in [-0.4, -0.2) is 65.1 Å². The van der Waals surface area contributed by atoms with Gasteiger partial charge in [-0.3, -0.25) is 9.69 Å². The van der Waals surface area contributed by atoms with Crippen LogP contribution in [0.3, 0.4) is 0 Å². The maximum atomic E-state index is 12.4. The number of benzene rings is 1. The molecule has 6 heteroatoms. The first-order valence-corrected chi connectivity index (χ1v) is 8.33. The number of piperazine rings is 1. The first kappa shape index (κ1) is 16.5. The summed E-state index contributed by atoms with van der Waals surface area (Å²) in [5, 5.41) is 0. The van der Waals surface area contributed by atoms with E-state index in [1.165, 1.54) is 0 Å². The van der Waals surface area contributed by atoms with Gasteiger partial charge in [0, 0.05) is 51.7 Å². The van der Waals surface area contributed by atoms with Crippen molar-refractivity contribution < 1.29 is 9.53 Å². The molecular weight excluding hydrogens is 304 g/mol. The SMILES string of the molecule is COc1ccc(CC(=O)N2CCN(CCn3ccnc3)CC2)cc1. The average molecular weight is 328 g/mol. The Balaban J connectivity index is 1.42. The van der Waals surface area contributed by atoms with Crippen LogP contribution in [0.5, 0.6) is 5.75 Å². The quantitative estimate of drug-likeness (QED) is 0.801. The van der Waals surface area contributed by atoms with Crippen molar-refractivity contribution in [1.29, 1.82) is 0 Å². The zero-order valence-corrected chi connectivity index (χ0v) is 14.1. The molecule has 2 heterocycles. The van der Waals surface area contributed by atoms with Crippen molar-refractivity contribution in [2.75, 3.05) is 39.8 Å². The lowest BCUT2D eigenvalue weighted by Gasteiger charge is -2.34. The molecule has 3 rings (SSSR count). The van der Waals surface area contributed by atoms with Crippen molar-refractivity contribution in [3.05, 3.63) is 48.5 Å². The van der Waals surface area contributed by atoms with Gasteiger partial charge in [0.2, 0.25) is 5.91 Å². The third-order valence-corrected chi connectivity index (χ3v) is 4.47. The normalized spacial score (nSPS) is 15.5. The van der Waals surface area contributed by atoms with Crippen LogP contribution >= 0.6 is 0 Å². The van der Waals surface area contributed by atoms with Crippen molar-refractivity contribution in [3.8, 4) is 5.75 Å². The number of carbonyl (C=O) groups is 1. The smallest absolute Gasteiger partial charge is 0.227 e. The van der Waals surface area contributed by atoms with E-state index in [0.29, 0.717) is 6.42 Å². The molecule has 1 aliphatic rings. The minimum Gasteiger partial charge on any atom is -0.497 e. The van der Waals surface area contributed by atoms with Gasteiger partial charge in [-0.05, 0) is 17.7 Å². The van der Waals surface area contributed by atoms with Gasteiger partial charge in [-0.15, -0.1) is 0 Å². The molecule has 0 radical (unpaired) electrons. The van der Waals surface area contributed by atoms with Gasteiger partial charge < -0.3 is 14.2 Å². The van der Waals surface area contributed by atoms with Gasteiger partial charge in [0.25, 0.3) is 0 Å². The summed E-state index contributed by atoms with van der Waals surface area (Å²) in [6, 6.07) is 7.71. The second-order valence-corrected chi connectivity index (χ2v) is 6.05. The molecule has 24 heavy (non-hydrogen) atoms. The van der Waals surface area contributed by atoms with E-state index in [2.05, 4.69) is 14.5 Å². The fraction of sp³-hybridized carbons (Fsp3) is 0.444. The van der Waals surface area contributed by atoms with Crippen LogP contribution in [0, 0.1) is 0 Å². The largest absolute Gasteiger partial charge is 0.497 e. The summed E-state index contributed by atoms with van der Waals surface area (Å²) < 4.78 is 7.23. The summed E-state index contributed by atoms with van der Waals surface area (Å²) >= 11 is 0. The van der Waals surface area contributed by atoms with E-state index in [0.717, 1.165) is 50.6 Å². The zero-order valence-electron chi connectivity index (χ0n) is 14.1. The number of nitrogens with zero attached hydrogens (tertiary/aromatic N) is 4. The molecule has 1 aromatic carbocycles. The van der Waals surface area contributed by atoms with E-state index >= 15 is 0 Å². The molecule has 0 aliphatic carbocycles. The Labute approximate surface area is 142 Å². The Morgan fingerprint density at radius 1 is 1.12 bits per heavy atom. The first-order chi connectivity index (χ1) is 11.7. The van der Waals surface area contributed by atoms with E-state index in [1.54, 1.807) is 13.3 Å². The molecule has 0 spiro atoms. The van der Waals surface area contributed by atoms with Crippen LogP contribution in [0.2, 0.25) is 0 Å². The Hall–Kier alpha value is -2.34. The van der Waals surface area contributed by atoms with E-state index in [4.69, 9.17) is 4.74 Å². The Morgan fingerprint density at radius 2 is 1.88 bits per heavy atom. The molecule has 0 atom stereocenters. The number of ether oxygens (including phenoxy) is 1. The number of aromatic nitrogens is 2. The molecule has 1 aliphatic heterocycles. The maximum absolute atomic E-state index is 12.4. The number of rotatable bonds is 6. The number of amides is 1. The van der Waals surface area contributed by atoms with Crippen LogP contribution in [0.4, 0.5) is 0 Å². The lowest BCUT2D eigenvalue weighted by atomic mass is 10.1. The Morgan fingerprint density at radius 3 is 2.50 bits per heavy atom. The fourth-order valence-electron chi connectivity index (χ4n) is 2.93. The summed E-state index contributed by atoms with van der Waals surface area (Å²) in [6.45, 7) is 5.42. The van der Waals surface area contributed by atoms with E-state index in [1.807, 2.05) is 41.7 Å². The molecule has 2 aromatic rings. The van der Waals surface area contributed by atoms with Gasteiger partial charge in [-0.2, -0.15) is 0 Å². The van der Waals surface area contributed by atoms with Crippen molar-refractivity contribution in [2.45, 2.75) is 13.0 Å². The van der Waals surface area contributed by atoms with E-state index in [-0.39, 0.29) is 5.91 Å². The Bertz CT molecular complexity index is 632. The van der Waals surface area contributed by atoms with Gasteiger partial charge in [-0.1, -0.05) is 12.1 Å². The van der Waals surface area contributed by atoms with Gasteiger partial charge in [-0.25, -0.2) is 4.98 Å². The number of hydrogen-bond donors (Lipinski definition) is 0. The maximum Gasteiger partial charge on any atom is 0.227 e. The summed E-state index contributed by atoms with van der Waals surface area (Å²) in [5.41, 5.74) is 1.03. The van der Waals surface area contributed by atoms with Crippen molar-refractivity contribution in [2.24, 2.45) is 0 Å². The van der Waals surface area contributed by atoms with Crippen LogP contribution < -0.4 is 4.74 Å². The predicted octanol–water partition coefficient (Wildman–Crippen LogP) is 1.28. The summed E-state index contributed by atoms with van der Waals surface area (Å²) in [7, 11) is 1.65. The van der Waals surface area contributed by atoms with Gasteiger partial charge in [0.1, 0.15) is 5.75 Å². The number of methoxy groups -OCH3 is 1. The molecule has 6 nitrogen and oxygen atoms in total. The minimum atomic E-state index is 0.203.